The Morgan fingerprint density at radius 1 is 1.38 bits per heavy atom. The molecular formula is C17H21N5O4. The third-order valence-electron chi connectivity index (χ3n) is 4.21. The monoisotopic (exact) mass is 359 g/mol. The highest BCUT2D eigenvalue weighted by Gasteiger charge is 2.28. The average molecular weight is 359 g/mol. The second-order valence-electron chi connectivity index (χ2n) is 5.92. The number of nitrogen functional groups attached to an aromatic ring is 1. The fourth-order valence-electron chi connectivity index (χ4n) is 2.88. The second kappa shape index (κ2) is 7.85. The molecule has 3 N–H and O–H groups in total. The minimum atomic E-state index is -0.362. The number of aromatic nitrogens is 2. The first kappa shape index (κ1) is 17.7. The van der Waals surface area contributed by atoms with Crippen molar-refractivity contribution in [2.24, 2.45) is 0 Å². The third kappa shape index (κ3) is 3.76. The molecule has 0 radical (unpaired) electrons. The first-order valence-corrected chi connectivity index (χ1v) is 8.49. The number of carbonyl (C=O) groups excluding carboxylic acids is 2. The van der Waals surface area contributed by atoms with Crippen LogP contribution >= 0.6 is 0 Å². The molecule has 3 rings (SSSR count). The maximum atomic E-state index is 12.7. The van der Waals surface area contributed by atoms with Crippen molar-refractivity contribution in [3.63, 3.8) is 0 Å². The highest BCUT2D eigenvalue weighted by atomic mass is 16.6. The van der Waals surface area contributed by atoms with Crippen LogP contribution in [0.5, 0.6) is 0 Å². The largest absolute Gasteiger partial charge is 0.450 e. The Kier molecular flexibility index (Phi) is 5.35. The van der Waals surface area contributed by atoms with E-state index < -0.39 is 0 Å². The number of nitrogens with two attached hydrogens (primary N) is 1. The number of rotatable bonds is 4. The summed E-state index contributed by atoms with van der Waals surface area (Å²) in [6, 6.07) is 5.22. The van der Waals surface area contributed by atoms with Gasteiger partial charge in [-0.05, 0) is 31.9 Å². The van der Waals surface area contributed by atoms with Gasteiger partial charge in [0, 0.05) is 25.3 Å². The Hall–Kier alpha value is -3.10. The van der Waals surface area contributed by atoms with E-state index in [1.165, 1.54) is 0 Å². The zero-order chi connectivity index (χ0) is 18.5. The van der Waals surface area contributed by atoms with Crippen LogP contribution in [0.3, 0.4) is 0 Å². The first-order valence-electron chi connectivity index (χ1n) is 8.49. The van der Waals surface area contributed by atoms with Crippen molar-refractivity contribution >= 4 is 17.9 Å². The van der Waals surface area contributed by atoms with E-state index in [0.717, 1.165) is 0 Å². The molecule has 0 bridgehead atoms. The van der Waals surface area contributed by atoms with E-state index in [-0.39, 0.29) is 29.5 Å². The van der Waals surface area contributed by atoms with E-state index in [4.69, 9.17) is 15.0 Å². The van der Waals surface area contributed by atoms with Crippen LogP contribution < -0.4 is 11.1 Å². The lowest BCUT2D eigenvalue weighted by Crippen LogP contribution is -2.46. The molecule has 1 saturated heterocycles. The molecule has 0 saturated carbocycles. The predicted molar refractivity (Wildman–Crippen MR) is 93.2 cm³/mol. The fraction of sp³-hybridized carbons (Fsp3) is 0.412. The molecule has 2 aromatic heterocycles. The molecule has 0 atom stereocenters. The Labute approximate surface area is 150 Å². The number of ether oxygens (including phenoxy) is 1. The van der Waals surface area contributed by atoms with Crippen molar-refractivity contribution in [2.75, 3.05) is 25.4 Å². The molecule has 0 aromatic carbocycles. The number of nitrogens with one attached hydrogen (secondary N) is 1. The zero-order valence-electron chi connectivity index (χ0n) is 14.5. The number of nitrogens with zero attached hydrogens (tertiary/aromatic N) is 3. The van der Waals surface area contributed by atoms with Gasteiger partial charge in [-0.25, -0.2) is 4.79 Å². The molecule has 1 aliphatic rings. The number of piperidine rings is 1. The average Bonchev–Trinajstić information content (AvgIpc) is 3.05. The topological polar surface area (TPSA) is 124 Å². The summed E-state index contributed by atoms with van der Waals surface area (Å²) in [5.41, 5.74) is 6.79. The number of amides is 2. The van der Waals surface area contributed by atoms with Crippen LogP contribution in [0.4, 0.5) is 10.7 Å². The minimum absolute atomic E-state index is 0.0490. The molecule has 9 heteroatoms. The predicted octanol–water partition coefficient (Wildman–Crippen LogP) is 1.67. The van der Waals surface area contributed by atoms with Crippen molar-refractivity contribution in [3.8, 4) is 11.4 Å². The van der Waals surface area contributed by atoms with E-state index in [2.05, 4.69) is 15.5 Å². The molecule has 0 aliphatic carbocycles. The molecule has 0 spiro atoms. The highest BCUT2D eigenvalue weighted by Crippen LogP contribution is 2.25. The van der Waals surface area contributed by atoms with E-state index in [1.807, 2.05) is 0 Å². The van der Waals surface area contributed by atoms with Gasteiger partial charge in [0.15, 0.2) is 0 Å². The Bertz CT molecular complexity index is 769. The molecule has 1 aliphatic heterocycles. The van der Waals surface area contributed by atoms with Gasteiger partial charge in [0.2, 0.25) is 5.88 Å². The van der Waals surface area contributed by atoms with Crippen molar-refractivity contribution in [2.45, 2.75) is 25.8 Å². The number of likely N-dealkylation sites (tertiary alicyclic amines) is 1. The molecule has 2 amide bonds. The molecular weight excluding hydrogens is 338 g/mol. The number of pyridine rings is 1. The molecule has 138 valence electrons. The number of anilines is 1. The number of hydrogen-bond acceptors (Lipinski definition) is 7. The summed E-state index contributed by atoms with van der Waals surface area (Å²) in [4.78, 5) is 30.2. The summed E-state index contributed by atoms with van der Waals surface area (Å²) in [6.45, 7) is 3.16. The molecule has 26 heavy (non-hydrogen) atoms. The van der Waals surface area contributed by atoms with Crippen molar-refractivity contribution < 1.29 is 18.8 Å². The van der Waals surface area contributed by atoms with Gasteiger partial charge in [-0.2, -0.15) is 0 Å². The summed E-state index contributed by atoms with van der Waals surface area (Å²) in [5.74, 6) is -0.411. The van der Waals surface area contributed by atoms with Crippen LogP contribution in [0.1, 0.15) is 30.1 Å². The molecule has 0 unspecified atom stereocenters. The summed E-state index contributed by atoms with van der Waals surface area (Å²) in [5, 5.41) is 6.80. The first-order chi connectivity index (χ1) is 12.6. The van der Waals surface area contributed by atoms with Gasteiger partial charge in [0.05, 0.1) is 12.3 Å². The number of hydrogen-bond donors (Lipinski definition) is 2. The number of carbonyl (C=O) groups is 2. The van der Waals surface area contributed by atoms with Crippen LogP contribution in [0.2, 0.25) is 0 Å². The van der Waals surface area contributed by atoms with Gasteiger partial charge < -0.3 is 25.2 Å². The highest BCUT2D eigenvalue weighted by molar-refractivity contribution is 6.03. The normalized spacial score (nSPS) is 14.9. The summed E-state index contributed by atoms with van der Waals surface area (Å²) in [7, 11) is 0. The third-order valence-corrected chi connectivity index (χ3v) is 4.21. The van der Waals surface area contributed by atoms with E-state index in [0.29, 0.717) is 43.9 Å². The van der Waals surface area contributed by atoms with E-state index in [9.17, 15) is 9.59 Å². The lowest BCUT2D eigenvalue weighted by molar-refractivity contribution is 0.0861. The second-order valence-corrected chi connectivity index (χ2v) is 5.92. The fourth-order valence-corrected chi connectivity index (χ4v) is 2.88. The van der Waals surface area contributed by atoms with Crippen LogP contribution in [0.25, 0.3) is 11.4 Å². The zero-order valence-corrected chi connectivity index (χ0v) is 14.5. The van der Waals surface area contributed by atoms with Crippen molar-refractivity contribution in [1.82, 2.24) is 20.4 Å². The molecule has 1 fully saturated rings. The Morgan fingerprint density at radius 3 is 2.81 bits per heavy atom. The van der Waals surface area contributed by atoms with Gasteiger partial charge in [-0.3, -0.25) is 9.78 Å². The van der Waals surface area contributed by atoms with Crippen LogP contribution in [-0.4, -0.2) is 52.8 Å². The van der Waals surface area contributed by atoms with Crippen LogP contribution in [-0.2, 0) is 4.74 Å². The van der Waals surface area contributed by atoms with E-state index in [1.54, 1.807) is 36.2 Å². The maximum Gasteiger partial charge on any atom is 0.409 e. The van der Waals surface area contributed by atoms with Gasteiger partial charge in [0.25, 0.3) is 5.91 Å². The molecule has 9 nitrogen and oxygen atoms in total. The van der Waals surface area contributed by atoms with Crippen LogP contribution in [0, 0.1) is 0 Å². The summed E-state index contributed by atoms with van der Waals surface area (Å²) >= 11 is 0. The SMILES string of the molecule is CCOC(=O)N1CCC(NC(=O)c2c(-c3ccccn3)noc2N)CC1. The summed E-state index contributed by atoms with van der Waals surface area (Å²) < 4.78 is 9.99. The van der Waals surface area contributed by atoms with Gasteiger partial charge in [0.1, 0.15) is 11.3 Å². The lowest BCUT2D eigenvalue weighted by Gasteiger charge is -2.31. The summed E-state index contributed by atoms with van der Waals surface area (Å²) in [6.07, 6.45) is 2.55. The van der Waals surface area contributed by atoms with Gasteiger partial charge in [-0.1, -0.05) is 11.2 Å². The van der Waals surface area contributed by atoms with E-state index >= 15 is 0 Å². The molecule has 3 heterocycles. The quantitative estimate of drug-likeness (QED) is 0.851. The van der Waals surface area contributed by atoms with Crippen molar-refractivity contribution in [1.29, 1.82) is 0 Å². The lowest BCUT2D eigenvalue weighted by atomic mass is 10.0. The Balaban J connectivity index is 1.65. The van der Waals surface area contributed by atoms with Gasteiger partial charge in [-0.15, -0.1) is 0 Å². The smallest absolute Gasteiger partial charge is 0.409 e. The minimum Gasteiger partial charge on any atom is -0.450 e. The Morgan fingerprint density at radius 2 is 2.15 bits per heavy atom. The maximum absolute atomic E-state index is 12.7. The van der Waals surface area contributed by atoms with Crippen LogP contribution in [0.15, 0.2) is 28.9 Å². The van der Waals surface area contributed by atoms with Gasteiger partial charge >= 0.3 is 6.09 Å². The molecule has 2 aromatic rings. The van der Waals surface area contributed by atoms with Crippen molar-refractivity contribution in [3.05, 3.63) is 30.0 Å². The standard InChI is InChI=1S/C17H21N5O4/c1-2-25-17(24)22-9-6-11(7-10-22)20-16(23)13-14(21-26-15(13)18)12-5-3-4-8-19-12/h3-5,8,11H,2,6-7,9-10,18H2,1H3,(H,20,23).